The lowest BCUT2D eigenvalue weighted by Crippen LogP contribution is -2.71. The minimum absolute atomic E-state index is 0.0299. The number of esters is 1. The lowest BCUT2D eigenvalue weighted by Gasteiger charge is -2.68. The van der Waals surface area contributed by atoms with E-state index in [2.05, 4.69) is 24.8 Å². The molecule has 0 aromatic carbocycles. The Bertz CT molecular complexity index is 1230. The molecule has 2 N–H and O–H groups in total. The van der Waals surface area contributed by atoms with E-state index in [1.54, 1.807) is 6.08 Å². The van der Waals surface area contributed by atoms with Crippen LogP contribution in [-0.4, -0.2) is 70.3 Å². The summed E-state index contributed by atoms with van der Waals surface area (Å²) < 4.78 is 18.9. The largest absolute Gasteiger partial charge is 0.465 e. The fourth-order valence-corrected chi connectivity index (χ4v) is 11.1. The van der Waals surface area contributed by atoms with Gasteiger partial charge in [-0.1, -0.05) is 32.4 Å². The molecular weight excluding hydrogens is 486 g/mol. The molecule has 6 fully saturated rings. The fraction of sp³-hybridized carbons (Fsp3) is 0.800. The number of aliphatic hydroxyl groups excluding tert-OH is 1. The first-order chi connectivity index (χ1) is 17.9. The molecule has 1 saturated carbocycles. The number of carbonyl (C=O) groups excluding carboxylic acids is 2. The molecule has 8 nitrogen and oxygen atoms in total. The van der Waals surface area contributed by atoms with Crippen molar-refractivity contribution in [3.8, 4) is 0 Å². The van der Waals surface area contributed by atoms with E-state index in [1.807, 2.05) is 13.8 Å². The Hall–Kier alpha value is -1.74. The Balaban J connectivity index is 1.39. The van der Waals surface area contributed by atoms with Crippen molar-refractivity contribution < 1.29 is 34.0 Å². The van der Waals surface area contributed by atoms with Gasteiger partial charge in [0.15, 0.2) is 11.6 Å². The highest BCUT2D eigenvalue weighted by Gasteiger charge is 2.81. The highest BCUT2D eigenvalue weighted by Crippen LogP contribution is 2.78. The second-order valence-corrected chi connectivity index (χ2v) is 14.3. The topological polar surface area (TPSA) is 106 Å². The van der Waals surface area contributed by atoms with E-state index in [4.69, 9.17) is 14.2 Å². The van der Waals surface area contributed by atoms with Gasteiger partial charge in [0.05, 0.1) is 25.7 Å². The van der Waals surface area contributed by atoms with E-state index >= 15 is 0 Å². The van der Waals surface area contributed by atoms with Gasteiger partial charge in [0.2, 0.25) is 0 Å². The summed E-state index contributed by atoms with van der Waals surface area (Å²) in [5, 5.41) is 23.4. The molecule has 206 valence electrons. The maximum absolute atomic E-state index is 13.5. The number of hydrogen-bond acceptors (Lipinski definition) is 8. The van der Waals surface area contributed by atoms with Crippen LogP contribution in [0.25, 0.3) is 0 Å². The third-order valence-corrected chi connectivity index (χ3v) is 12.8. The summed E-state index contributed by atoms with van der Waals surface area (Å²) in [5.41, 5.74) is -0.00357. The lowest BCUT2D eigenvalue weighted by molar-refractivity contribution is -0.294. The molecule has 5 heterocycles. The van der Waals surface area contributed by atoms with Gasteiger partial charge in [0.25, 0.3) is 0 Å². The van der Waals surface area contributed by atoms with Crippen molar-refractivity contribution in [3.05, 3.63) is 23.4 Å². The number of fused-ring (bicyclic) bond motifs is 5. The molecule has 0 radical (unpaired) electrons. The van der Waals surface area contributed by atoms with Crippen LogP contribution < -0.4 is 0 Å². The van der Waals surface area contributed by atoms with Gasteiger partial charge in [0.1, 0.15) is 11.8 Å². The fourth-order valence-electron chi connectivity index (χ4n) is 11.1. The van der Waals surface area contributed by atoms with Crippen molar-refractivity contribution >= 4 is 11.8 Å². The van der Waals surface area contributed by atoms with Crippen LogP contribution in [-0.2, 0) is 23.8 Å². The molecule has 3 aliphatic carbocycles. The molecule has 0 amide bonds. The highest BCUT2D eigenvalue weighted by molar-refractivity contribution is 5.94. The Labute approximate surface area is 223 Å². The molecule has 1 unspecified atom stereocenters. The van der Waals surface area contributed by atoms with E-state index in [1.165, 1.54) is 0 Å². The predicted molar refractivity (Wildman–Crippen MR) is 134 cm³/mol. The van der Waals surface area contributed by atoms with E-state index in [0.717, 1.165) is 37.0 Å². The predicted octanol–water partition coefficient (Wildman–Crippen LogP) is 2.54. The first-order valence-corrected chi connectivity index (χ1v) is 14.5. The maximum Gasteiger partial charge on any atom is 0.306 e. The quantitative estimate of drug-likeness (QED) is 0.465. The van der Waals surface area contributed by atoms with Crippen molar-refractivity contribution in [3.63, 3.8) is 0 Å². The number of rotatable bonds is 0. The first-order valence-electron chi connectivity index (χ1n) is 14.5. The Morgan fingerprint density at radius 1 is 1.16 bits per heavy atom. The van der Waals surface area contributed by atoms with Crippen molar-refractivity contribution in [2.24, 2.45) is 45.8 Å². The smallest absolute Gasteiger partial charge is 0.306 e. The zero-order valence-electron chi connectivity index (χ0n) is 22.7. The molecule has 38 heavy (non-hydrogen) atoms. The number of carbonyl (C=O) groups is 2. The van der Waals surface area contributed by atoms with Crippen LogP contribution in [0.3, 0.4) is 0 Å². The summed E-state index contributed by atoms with van der Waals surface area (Å²) in [6.07, 6.45) is 6.69. The number of hydrogen-bond donors (Lipinski definition) is 2. The zero-order chi connectivity index (χ0) is 26.6. The number of ketones is 1. The minimum atomic E-state index is -1.52. The molecule has 0 aromatic rings. The SMILES string of the molecule is CC1=CC(=O)[C@@H]2[C@@H](C1)[C@]13C=C4N5C[C@@H]6O[C@@]5(CC[C@@]4(C)[C@]4(COC(=O)C4)C1[C@@](O)(OC3)[C@@H]2C)C[C@@H](C)[C@H]6O. The molecule has 2 spiro atoms. The molecule has 8 heteroatoms. The monoisotopic (exact) mass is 525 g/mol. The molecule has 12 atom stereocenters. The standard InChI is InChI=1S/C30H39NO7/c1-15-7-18-23(19(32)8-15)17(3)30(35)25-27(18,13-37-30)10-21-26(4,28(25)11-22(33)36-14-28)5-6-29-9-16(2)24(34)20(38-29)12-31(21)29/h8,10,16-18,20,23-25,34-35H,5-7,9,11-14H2,1-4H3/t16-,17-,18-,20+,23+,24-,25?,26-,27-,28-,29+,30+/m1/s1. The minimum Gasteiger partial charge on any atom is -0.465 e. The Morgan fingerprint density at radius 3 is 2.68 bits per heavy atom. The average Bonchev–Trinajstić information content (AvgIpc) is 3.49. The van der Waals surface area contributed by atoms with Crippen LogP contribution in [0.1, 0.15) is 59.8 Å². The number of nitrogens with zero attached hydrogens (tertiary/aromatic N) is 1. The molecule has 0 aromatic heterocycles. The number of aliphatic hydroxyl groups is 2. The molecule has 5 saturated heterocycles. The number of piperidine rings is 1. The van der Waals surface area contributed by atoms with Crippen LogP contribution >= 0.6 is 0 Å². The summed E-state index contributed by atoms with van der Waals surface area (Å²) >= 11 is 0. The number of cyclic esters (lactones) is 1. The number of ether oxygens (including phenoxy) is 3. The molecule has 8 aliphatic rings. The first kappa shape index (κ1) is 24.1. The zero-order valence-corrected chi connectivity index (χ0v) is 22.7. The van der Waals surface area contributed by atoms with Gasteiger partial charge in [0, 0.05) is 52.7 Å². The van der Waals surface area contributed by atoms with Gasteiger partial charge in [-0.15, -0.1) is 0 Å². The summed E-state index contributed by atoms with van der Waals surface area (Å²) in [7, 11) is 0. The summed E-state index contributed by atoms with van der Waals surface area (Å²) in [6, 6.07) is 0. The Morgan fingerprint density at radius 2 is 1.95 bits per heavy atom. The van der Waals surface area contributed by atoms with E-state index in [-0.39, 0.29) is 54.6 Å². The number of allylic oxidation sites excluding steroid dienone is 3. The van der Waals surface area contributed by atoms with Gasteiger partial charge in [-0.25, -0.2) is 0 Å². The second-order valence-electron chi connectivity index (χ2n) is 14.3. The van der Waals surface area contributed by atoms with Gasteiger partial charge in [-0.05, 0) is 44.1 Å². The summed E-state index contributed by atoms with van der Waals surface area (Å²) in [6.45, 7) is 9.51. The van der Waals surface area contributed by atoms with Crippen molar-refractivity contribution in [1.82, 2.24) is 4.90 Å². The molecule has 4 bridgehead atoms. The van der Waals surface area contributed by atoms with Crippen molar-refractivity contribution in [2.75, 3.05) is 19.8 Å². The van der Waals surface area contributed by atoms with Crippen LogP contribution in [0.15, 0.2) is 23.4 Å². The molecule has 5 aliphatic heterocycles. The third kappa shape index (κ3) is 2.42. The lowest BCUT2D eigenvalue weighted by atomic mass is 9.37. The van der Waals surface area contributed by atoms with Crippen LogP contribution in [0, 0.1) is 45.8 Å². The second kappa shape index (κ2) is 6.93. The van der Waals surface area contributed by atoms with Crippen LogP contribution in [0.2, 0.25) is 0 Å². The van der Waals surface area contributed by atoms with Gasteiger partial charge >= 0.3 is 5.97 Å². The average molecular weight is 526 g/mol. The van der Waals surface area contributed by atoms with Gasteiger partial charge in [-0.2, -0.15) is 0 Å². The van der Waals surface area contributed by atoms with Crippen LogP contribution in [0.4, 0.5) is 0 Å². The van der Waals surface area contributed by atoms with Crippen LogP contribution in [0.5, 0.6) is 0 Å². The van der Waals surface area contributed by atoms with Crippen molar-refractivity contribution in [2.45, 2.75) is 83.5 Å². The third-order valence-electron chi connectivity index (χ3n) is 12.8. The van der Waals surface area contributed by atoms with E-state index in [9.17, 15) is 19.8 Å². The summed E-state index contributed by atoms with van der Waals surface area (Å²) in [4.78, 5) is 28.9. The van der Waals surface area contributed by atoms with E-state index < -0.39 is 39.8 Å². The van der Waals surface area contributed by atoms with Crippen molar-refractivity contribution in [1.29, 1.82) is 0 Å². The highest BCUT2D eigenvalue weighted by atomic mass is 16.6. The van der Waals surface area contributed by atoms with E-state index in [0.29, 0.717) is 13.2 Å². The molecular formula is C30H39NO7. The summed E-state index contributed by atoms with van der Waals surface area (Å²) in [5.74, 6) is -2.67. The maximum atomic E-state index is 13.5. The Kier molecular flexibility index (Phi) is 4.40. The van der Waals surface area contributed by atoms with Gasteiger partial charge in [-0.3, -0.25) is 9.59 Å². The molecule has 8 rings (SSSR count). The van der Waals surface area contributed by atoms with Gasteiger partial charge < -0.3 is 29.3 Å². The normalized spacial score (nSPS) is 58.1.